The van der Waals surface area contributed by atoms with Crippen LogP contribution in [0.2, 0.25) is 0 Å². The fourth-order valence-corrected chi connectivity index (χ4v) is 10.1. The second-order valence-electron chi connectivity index (χ2n) is 17.9. The molecular formula is C47H53NO15. The summed E-state index contributed by atoms with van der Waals surface area (Å²) in [7, 11) is 0. The van der Waals surface area contributed by atoms with E-state index >= 15 is 4.79 Å². The Balaban J connectivity index is 1.41. The summed E-state index contributed by atoms with van der Waals surface area (Å²) in [5, 5.41) is 40.3. The number of nitrogens with one attached hydrogen (secondary N) is 1. The number of ketones is 1. The molecule has 2 bridgehead atoms. The Kier molecular flexibility index (Phi) is 12.1. The van der Waals surface area contributed by atoms with Crippen molar-refractivity contribution >= 4 is 35.6 Å². The van der Waals surface area contributed by atoms with E-state index in [0.29, 0.717) is 5.56 Å². The summed E-state index contributed by atoms with van der Waals surface area (Å²) < 4.78 is 35.8. The molecule has 0 radical (unpaired) electrons. The predicted octanol–water partition coefficient (Wildman–Crippen LogP) is 3.96. The Morgan fingerprint density at radius 2 is 1.54 bits per heavy atom. The molecule has 63 heavy (non-hydrogen) atoms. The minimum atomic E-state index is -2.41. The lowest BCUT2D eigenvalue weighted by Gasteiger charge is -2.67. The zero-order valence-electron chi connectivity index (χ0n) is 36.1. The summed E-state index contributed by atoms with van der Waals surface area (Å²) in [5.41, 5.74) is -7.39. The first-order valence-electron chi connectivity index (χ1n) is 20.9. The molecule has 16 nitrogen and oxygen atoms in total. The maximum Gasteiger partial charge on any atom is 0.338 e. The van der Waals surface area contributed by atoms with Crippen LogP contribution in [-0.4, -0.2) is 105 Å². The molecule has 4 N–H and O–H groups in total. The molecule has 3 fully saturated rings. The number of fused-ring (bicyclic) bond motifs is 5. The van der Waals surface area contributed by atoms with Gasteiger partial charge in [-0.1, -0.05) is 76.2 Å². The molecule has 3 aliphatic carbocycles. The van der Waals surface area contributed by atoms with Gasteiger partial charge in [-0.05, 0) is 54.8 Å². The second kappa shape index (κ2) is 16.8. The fraction of sp³-hybridized carbons (Fsp3) is 0.489. The molecule has 1 aliphatic heterocycles. The van der Waals surface area contributed by atoms with Crippen molar-refractivity contribution in [3.05, 3.63) is 107 Å². The van der Waals surface area contributed by atoms with Gasteiger partial charge in [0.15, 0.2) is 29.4 Å². The van der Waals surface area contributed by atoms with Crippen LogP contribution in [0.1, 0.15) is 93.8 Å². The van der Waals surface area contributed by atoms with Gasteiger partial charge in [0.1, 0.15) is 23.9 Å². The Bertz CT molecular complexity index is 2290. The van der Waals surface area contributed by atoms with Crippen molar-refractivity contribution in [3.8, 4) is 0 Å². The molecule has 16 heteroatoms. The third-order valence-corrected chi connectivity index (χ3v) is 13.6. The van der Waals surface area contributed by atoms with Gasteiger partial charge in [-0.25, -0.2) is 9.59 Å². The van der Waals surface area contributed by atoms with Crippen molar-refractivity contribution < 1.29 is 72.2 Å². The first-order chi connectivity index (χ1) is 29.7. The Morgan fingerprint density at radius 1 is 0.889 bits per heavy atom. The number of furan rings is 1. The number of hydrogen-bond acceptors (Lipinski definition) is 15. The van der Waals surface area contributed by atoms with Gasteiger partial charge < -0.3 is 48.7 Å². The summed E-state index contributed by atoms with van der Waals surface area (Å²) in [6.45, 7) is 10.0. The molecule has 2 heterocycles. The lowest BCUT2D eigenvalue weighted by molar-refractivity contribution is -0.346. The van der Waals surface area contributed by atoms with E-state index in [2.05, 4.69) is 5.32 Å². The van der Waals surface area contributed by atoms with Gasteiger partial charge in [0.2, 0.25) is 0 Å². The van der Waals surface area contributed by atoms with Crippen molar-refractivity contribution in [1.82, 2.24) is 5.32 Å². The van der Waals surface area contributed by atoms with E-state index in [1.807, 2.05) is 0 Å². The van der Waals surface area contributed by atoms with E-state index in [4.69, 9.17) is 28.1 Å². The van der Waals surface area contributed by atoms with Gasteiger partial charge in [-0.15, -0.1) is 0 Å². The monoisotopic (exact) mass is 871 g/mol. The summed E-state index contributed by atoms with van der Waals surface area (Å²) in [6, 6.07) is 17.5. The fourth-order valence-electron chi connectivity index (χ4n) is 10.1. The Hall–Kier alpha value is -5.68. The van der Waals surface area contributed by atoms with Crippen LogP contribution >= 0.6 is 0 Å². The average Bonchev–Trinajstić information content (AvgIpc) is 3.79. The number of amides is 1. The van der Waals surface area contributed by atoms with Gasteiger partial charge in [-0.2, -0.15) is 0 Å². The maximum atomic E-state index is 15.7. The summed E-state index contributed by atoms with van der Waals surface area (Å²) in [6.07, 6.45) is -9.35. The molecule has 2 unspecified atom stereocenters. The Labute approximate surface area is 363 Å². The number of hydrogen-bond donors (Lipinski definition) is 4. The summed E-state index contributed by atoms with van der Waals surface area (Å²) >= 11 is 0. The molecule has 1 aromatic heterocycles. The molecule has 11 atom stereocenters. The molecule has 7 rings (SSSR count). The van der Waals surface area contributed by atoms with E-state index in [-0.39, 0.29) is 35.5 Å². The third-order valence-electron chi connectivity index (χ3n) is 13.6. The highest BCUT2D eigenvalue weighted by atomic mass is 16.6. The number of ether oxygens (including phenoxy) is 5. The van der Waals surface area contributed by atoms with Crippen molar-refractivity contribution in [2.75, 3.05) is 6.61 Å². The van der Waals surface area contributed by atoms with Crippen LogP contribution < -0.4 is 5.32 Å². The molecule has 3 aromatic rings. The van der Waals surface area contributed by atoms with E-state index in [0.717, 1.165) is 6.92 Å². The number of esters is 4. The van der Waals surface area contributed by atoms with Crippen molar-refractivity contribution in [2.45, 2.75) is 115 Å². The molecule has 336 valence electrons. The van der Waals surface area contributed by atoms with Crippen LogP contribution in [0.25, 0.3) is 0 Å². The van der Waals surface area contributed by atoms with Crippen LogP contribution in [0, 0.1) is 22.7 Å². The summed E-state index contributed by atoms with van der Waals surface area (Å²) in [4.78, 5) is 84.3. The topological polar surface area (TPSA) is 234 Å². The van der Waals surface area contributed by atoms with Gasteiger partial charge in [0, 0.05) is 25.2 Å². The highest BCUT2D eigenvalue weighted by molar-refractivity contribution is 5.96. The number of aliphatic hydroxyl groups excluding tert-OH is 2. The molecule has 2 saturated carbocycles. The minimum absolute atomic E-state index is 0.00516. The number of carbonyl (C=O) groups is 6. The van der Waals surface area contributed by atoms with E-state index in [1.54, 1.807) is 76.2 Å². The normalized spacial score (nSPS) is 31.7. The van der Waals surface area contributed by atoms with Gasteiger partial charge in [0.25, 0.3) is 5.91 Å². The first-order valence-corrected chi connectivity index (χ1v) is 20.9. The summed E-state index contributed by atoms with van der Waals surface area (Å²) in [5.74, 6) is -7.81. The Morgan fingerprint density at radius 3 is 2.11 bits per heavy atom. The highest BCUT2D eigenvalue weighted by Crippen LogP contribution is 2.64. The average molecular weight is 872 g/mol. The quantitative estimate of drug-likeness (QED) is 0.121. The highest BCUT2D eigenvalue weighted by Gasteiger charge is 2.78. The number of benzene rings is 2. The van der Waals surface area contributed by atoms with Crippen molar-refractivity contribution in [2.24, 2.45) is 22.7 Å². The third kappa shape index (κ3) is 7.55. The largest absolute Gasteiger partial charge is 0.459 e. The standard InChI is InChI=1S/C47H53NO15/c1-24(2)41(54)61-36-33-25(3)30(60-43(56)35(51)34(27-15-10-8-11-16-27)48-40(53)29-19-14-20-58-29)22-47(57,44(33,5)6)39(62-42(55)28-17-12-9-13-18-28)37-45(7,38(36)52)31(50)21-32-46(37,23-59-32)63-26(4)49/h8-20,24,30-32,34-37,39,50-51,57H,21-23H2,1-7H3,(H,48,53)/t30-,31-,32+,34-,35+,36+,37?,39?,45+,46-,47+/m0/s1. The molecule has 2 aromatic carbocycles. The van der Waals surface area contributed by atoms with E-state index in [9.17, 15) is 39.3 Å². The minimum Gasteiger partial charge on any atom is -0.459 e. The van der Waals surface area contributed by atoms with Crippen molar-refractivity contribution in [3.63, 3.8) is 0 Å². The van der Waals surface area contributed by atoms with Crippen molar-refractivity contribution in [1.29, 1.82) is 0 Å². The maximum absolute atomic E-state index is 15.7. The van der Waals surface area contributed by atoms with Gasteiger partial charge in [0.05, 0.1) is 47.8 Å². The van der Waals surface area contributed by atoms with Gasteiger partial charge in [-0.3, -0.25) is 19.2 Å². The van der Waals surface area contributed by atoms with E-state index < -0.39 is 119 Å². The SMILES string of the molecule is CC(=O)O[C@@]12CO[C@@H]1C[C@H](O)[C@@]1(C)C(=O)[C@H](OC(=O)C(C)C)C3=C(C)[C@@H](OC(=O)[C@H](O)[C@@H](NC(=O)c4ccco4)c4ccccc4)C[C@@](O)(C(OC(=O)c4ccccc4)C12)C3(C)C. The zero-order valence-corrected chi connectivity index (χ0v) is 36.1. The molecule has 0 spiro atoms. The second-order valence-corrected chi connectivity index (χ2v) is 17.9. The predicted molar refractivity (Wildman–Crippen MR) is 219 cm³/mol. The smallest absolute Gasteiger partial charge is 0.338 e. The first kappa shape index (κ1) is 45.3. The van der Waals surface area contributed by atoms with Gasteiger partial charge >= 0.3 is 23.9 Å². The van der Waals surface area contributed by atoms with Crippen LogP contribution in [0.3, 0.4) is 0 Å². The van der Waals surface area contributed by atoms with Crippen LogP contribution in [0.5, 0.6) is 0 Å². The number of aliphatic hydroxyl groups is 3. The zero-order chi connectivity index (χ0) is 45.8. The molecule has 4 aliphatic rings. The molecular weight excluding hydrogens is 819 g/mol. The van der Waals surface area contributed by atoms with Crippen LogP contribution in [-0.2, 0) is 42.9 Å². The number of Topliss-reactive ketones (excluding diaryl/α,β-unsaturated/α-hetero) is 1. The lowest BCUT2D eigenvalue weighted by atomic mass is 9.44. The molecule has 1 amide bonds. The lowest BCUT2D eigenvalue weighted by Crippen LogP contribution is -2.82. The number of carbonyl (C=O) groups excluding carboxylic acids is 6. The molecule has 1 saturated heterocycles. The number of rotatable bonds is 11. The van der Waals surface area contributed by atoms with Crippen LogP contribution in [0.4, 0.5) is 0 Å². The van der Waals surface area contributed by atoms with Crippen LogP contribution in [0.15, 0.2) is 94.6 Å². The van der Waals surface area contributed by atoms with E-state index in [1.165, 1.54) is 44.4 Å².